The number of rotatable bonds is 8. The third-order valence-electron chi connectivity index (χ3n) is 2.72. The molecule has 0 fully saturated rings. The van der Waals surface area contributed by atoms with Crippen molar-refractivity contribution in [1.82, 2.24) is 10.6 Å². The number of amides is 2. The SMILES string of the molecule is CC(=O)NCCC(=O)OCC(=O)NCCc1ccc(F)cc1. The molecule has 2 amide bonds. The molecule has 22 heavy (non-hydrogen) atoms. The van der Waals surface area contributed by atoms with Gasteiger partial charge in [0.25, 0.3) is 5.91 Å². The first-order valence-corrected chi connectivity index (χ1v) is 6.88. The van der Waals surface area contributed by atoms with Crippen molar-refractivity contribution in [1.29, 1.82) is 0 Å². The second-order valence-electron chi connectivity index (χ2n) is 4.62. The zero-order valence-corrected chi connectivity index (χ0v) is 12.4. The molecular weight excluding hydrogens is 291 g/mol. The summed E-state index contributed by atoms with van der Waals surface area (Å²) in [5.41, 5.74) is 0.897. The number of hydrogen-bond donors (Lipinski definition) is 2. The zero-order chi connectivity index (χ0) is 16.4. The van der Waals surface area contributed by atoms with E-state index in [0.29, 0.717) is 13.0 Å². The van der Waals surface area contributed by atoms with Crippen molar-refractivity contribution in [2.24, 2.45) is 0 Å². The second-order valence-corrected chi connectivity index (χ2v) is 4.62. The van der Waals surface area contributed by atoms with Gasteiger partial charge in [0.15, 0.2) is 6.61 Å². The molecule has 0 heterocycles. The average Bonchev–Trinajstić information content (AvgIpc) is 2.47. The van der Waals surface area contributed by atoms with Crippen molar-refractivity contribution in [3.8, 4) is 0 Å². The molecule has 1 rings (SSSR count). The Morgan fingerprint density at radius 3 is 2.41 bits per heavy atom. The lowest BCUT2D eigenvalue weighted by Crippen LogP contribution is -2.31. The van der Waals surface area contributed by atoms with Gasteiger partial charge < -0.3 is 15.4 Å². The van der Waals surface area contributed by atoms with Crippen LogP contribution in [0.2, 0.25) is 0 Å². The molecule has 0 saturated heterocycles. The van der Waals surface area contributed by atoms with Crippen LogP contribution in [0.4, 0.5) is 4.39 Å². The molecule has 0 atom stereocenters. The number of halogens is 1. The van der Waals surface area contributed by atoms with E-state index in [1.54, 1.807) is 12.1 Å². The fourth-order valence-corrected chi connectivity index (χ4v) is 1.61. The van der Waals surface area contributed by atoms with E-state index in [-0.39, 0.29) is 31.3 Å². The third-order valence-corrected chi connectivity index (χ3v) is 2.72. The van der Waals surface area contributed by atoms with Crippen LogP contribution in [-0.4, -0.2) is 37.5 Å². The highest BCUT2D eigenvalue weighted by Crippen LogP contribution is 2.02. The van der Waals surface area contributed by atoms with E-state index in [2.05, 4.69) is 10.6 Å². The molecule has 6 nitrogen and oxygen atoms in total. The van der Waals surface area contributed by atoms with Crippen LogP contribution in [0.5, 0.6) is 0 Å². The summed E-state index contributed by atoms with van der Waals surface area (Å²) in [5.74, 6) is -1.50. The van der Waals surface area contributed by atoms with Crippen LogP contribution >= 0.6 is 0 Å². The Morgan fingerprint density at radius 1 is 1.09 bits per heavy atom. The smallest absolute Gasteiger partial charge is 0.308 e. The normalized spacial score (nSPS) is 9.91. The molecule has 2 N–H and O–H groups in total. The molecule has 0 bridgehead atoms. The Morgan fingerprint density at radius 2 is 1.77 bits per heavy atom. The highest BCUT2D eigenvalue weighted by atomic mass is 19.1. The van der Waals surface area contributed by atoms with Crippen LogP contribution in [0.3, 0.4) is 0 Å². The zero-order valence-electron chi connectivity index (χ0n) is 12.4. The van der Waals surface area contributed by atoms with Crippen LogP contribution in [0.1, 0.15) is 18.9 Å². The van der Waals surface area contributed by atoms with Crippen LogP contribution < -0.4 is 10.6 Å². The lowest BCUT2D eigenvalue weighted by Gasteiger charge is -2.07. The minimum Gasteiger partial charge on any atom is -0.456 e. The molecule has 1 aromatic rings. The molecule has 0 spiro atoms. The summed E-state index contributed by atoms with van der Waals surface area (Å²) in [6.45, 7) is 1.54. The van der Waals surface area contributed by atoms with Gasteiger partial charge in [0.1, 0.15) is 5.82 Å². The summed E-state index contributed by atoms with van der Waals surface area (Å²) in [7, 11) is 0. The number of carbonyl (C=O) groups is 3. The van der Waals surface area contributed by atoms with E-state index >= 15 is 0 Å². The summed E-state index contributed by atoms with van der Waals surface area (Å²) >= 11 is 0. The van der Waals surface area contributed by atoms with E-state index in [9.17, 15) is 18.8 Å². The fraction of sp³-hybridized carbons (Fsp3) is 0.400. The molecule has 0 aliphatic heterocycles. The standard InChI is InChI=1S/C15H19FN2O4/c1-11(19)17-9-7-15(21)22-10-14(20)18-8-6-12-2-4-13(16)5-3-12/h2-5H,6-10H2,1H3,(H,17,19)(H,18,20). The summed E-state index contributed by atoms with van der Waals surface area (Å²) in [4.78, 5) is 33.3. The predicted octanol–water partition coefficient (Wildman–Crippen LogP) is 0.554. The van der Waals surface area contributed by atoms with Crippen LogP contribution in [0.15, 0.2) is 24.3 Å². The molecule has 0 saturated carbocycles. The number of esters is 1. The molecule has 0 aromatic heterocycles. The molecule has 0 radical (unpaired) electrons. The number of hydrogen-bond acceptors (Lipinski definition) is 4. The maximum absolute atomic E-state index is 12.7. The Balaban J connectivity index is 2.11. The minimum absolute atomic E-state index is 0.0163. The van der Waals surface area contributed by atoms with E-state index in [0.717, 1.165) is 5.56 Å². The first kappa shape index (κ1) is 17.6. The van der Waals surface area contributed by atoms with Gasteiger partial charge in [0, 0.05) is 20.0 Å². The third kappa shape index (κ3) is 7.98. The monoisotopic (exact) mass is 310 g/mol. The van der Waals surface area contributed by atoms with Crippen LogP contribution in [-0.2, 0) is 25.5 Å². The van der Waals surface area contributed by atoms with Crippen LogP contribution in [0.25, 0.3) is 0 Å². The van der Waals surface area contributed by atoms with Gasteiger partial charge in [-0.1, -0.05) is 12.1 Å². The molecule has 0 aliphatic carbocycles. The van der Waals surface area contributed by atoms with Crippen molar-refractivity contribution in [2.75, 3.05) is 19.7 Å². The van der Waals surface area contributed by atoms with Gasteiger partial charge in [-0.3, -0.25) is 14.4 Å². The van der Waals surface area contributed by atoms with E-state index in [4.69, 9.17) is 4.74 Å². The highest BCUT2D eigenvalue weighted by molar-refractivity contribution is 5.80. The number of ether oxygens (including phenoxy) is 1. The number of nitrogens with one attached hydrogen (secondary N) is 2. The molecule has 7 heteroatoms. The lowest BCUT2D eigenvalue weighted by molar-refractivity contribution is -0.148. The van der Waals surface area contributed by atoms with Crippen molar-refractivity contribution in [3.63, 3.8) is 0 Å². The van der Waals surface area contributed by atoms with Gasteiger partial charge in [0.05, 0.1) is 6.42 Å². The first-order valence-electron chi connectivity index (χ1n) is 6.88. The Bertz CT molecular complexity index is 517. The first-order chi connectivity index (χ1) is 10.5. The Hall–Kier alpha value is -2.44. The van der Waals surface area contributed by atoms with E-state index < -0.39 is 11.9 Å². The van der Waals surface area contributed by atoms with Crippen molar-refractivity contribution in [3.05, 3.63) is 35.6 Å². The average molecular weight is 310 g/mol. The summed E-state index contributed by atoms with van der Waals surface area (Å²) in [6.07, 6.45) is 0.574. The maximum atomic E-state index is 12.7. The quantitative estimate of drug-likeness (QED) is 0.687. The molecule has 1 aromatic carbocycles. The topological polar surface area (TPSA) is 84.5 Å². The fourth-order valence-electron chi connectivity index (χ4n) is 1.61. The molecule has 120 valence electrons. The van der Waals surface area contributed by atoms with Crippen LogP contribution in [0, 0.1) is 5.82 Å². The van der Waals surface area contributed by atoms with Crippen molar-refractivity contribution >= 4 is 17.8 Å². The summed E-state index contributed by atoms with van der Waals surface area (Å²) in [5, 5.41) is 5.05. The van der Waals surface area contributed by atoms with Gasteiger partial charge >= 0.3 is 5.97 Å². The highest BCUT2D eigenvalue weighted by Gasteiger charge is 2.07. The van der Waals surface area contributed by atoms with Crippen molar-refractivity contribution < 1.29 is 23.5 Å². The van der Waals surface area contributed by atoms with Gasteiger partial charge in [-0.05, 0) is 24.1 Å². The Labute approximate surface area is 128 Å². The summed E-state index contributed by atoms with van der Waals surface area (Å²) in [6, 6.07) is 6.00. The number of benzene rings is 1. The molecule has 0 aliphatic rings. The van der Waals surface area contributed by atoms with Gasteiger partial charge in [0.2, 0.25) is 5.91 Å². The van der Waals surface area contributed by atoms with Crippen molar-refractivity contribution in [2.45, 2.75) is 19.8 Å². The maximum Gasteiger partial charge on any atom is 0.308 e. The summed E-state index contributed by atoms with van der Waals surface area (Å²) < 4.78 is 17.5. The van der Waals surface area contributed by atoms with Gasteiger partial charge in [-0.2, -0.15) is 0 Å². The largest absolute Gasteiger partial charge is 0.456 e. The lowest BCUT2D eigenvalue weighted by atomic mass is 10.1. The predicted molar refractivity (Wildman–Crippen MR) is 77.4 cm³/mol. The van der Waals surface area contributed by atoms with Gasteiger partial charge in [-0.15, -0.1) is 0 Å². The van der Waals surface area contributed by atoms with Gasteiger partial charge in [-0.25, -0.2) is 4.39 Å². The molecular formula is C15H19FN2O4. The Kier molecular flexibility index (Phi) is 7.60. The number of carbonyl (C=O) groups excluding carboxylic acids is 3. The second kappa shape index (κ2) is 9.49. The van der Waals surface area contributed by atoms with E-state index in [1.165, 1.54) is 19.1 Å². The molecule has 0 unspecified atom stereocenters. The minimum atomic E-state index is -0.553. The van der Waals surface area contributed by atoms with E-state index in [1.807, 2.05) is 0 Å².